The number of aryl methyl sites for hydroxylation is 2. The van der Waals surface area contributed by atoms with Crippen LogP contribution in [0.5, 0.6) is 0 Å². The Kier molecular flexibility index (Phi) is 3.37. The second kappa shape index (κ2) is 4.86. The molecule has 2 nitrogen and oxygen atoms in total. The minimum atomic E-state index is 0.793. The summed E-state index contributed by atoms with van der Waals surface area (Å²) in [6.45, 7) is 9.40. The molecule has 2 saturated heterocycles. The molecule has 98 valence electrons. The molecule has 2 aliphatic heterocycles. The third-order valence-electron chi connectivity index (χ3n) is 4.36. The van der Waals surface area contributed by atoms with Gasteiger partial charge in [0.15, 0.2) is 0 Å². The van der Waals surface area contributed by atoms with Gasteiger partial charge < -0.3 is 4.90 Å². The van der Waals surface area contributed by atoms with E-state index in [1.54, 1.807) is 0 Å². The summed E-state index contributed by atoms with van der Waals surface area (Å²) in [5, 5.41) is 0. The molecule has 1 atom stereocenters. The first kappa shape index (κ1) is 12.5. The van der Waals surface area contributed by atoms with E-state index in [9.17, 15) is 0 Å². The molecule has 18 heavy (non-hydrogen) atoms. The van der Waals surface area contributed by atoms with Gasteiger partial charge in [0.2, 0.25) is 0 Å². The van der Waals surface area contributed by atoms with Crippen molar-refractivity contribution < 1.29 is 0 Å². The Balaban J connectivity index is 1.87. The van der Waals surface area contributed by atoms with E-state index in [0.717, 1.165) is 6.04 Å². The predicted octanol–water partition coefficient (Wildman–Crippen LogP) is 3.35. The Hall–Kier alpha value is -0.540. The maximum atomic E-state index is 3.59. The number of anilines is 1. The van der Waals surface area contributed by atoms with Crippen molar-refractivity contribution in [3.8, 4) is 0 Å². The molecule has 2 aliphatic rings. The standard InChI is InChI=1S/C15H21BrN2/c1-11-8-13(16)9-12(2)15(11)18-7-6-17-5-3-4-14(17)10-18/h8-9,14H,3-7,10H2,1-2H3. The highest BCUT2D eigenvalue weighted by Crippen LogP contribution is 2.32. The molecule has 0 saturated carbocycles. The van der Waals surface area contributed by atoms with Gasteiger partial charge >= 0.3 is 0 Å². The Morgan fingerprint density at radius 3 is 2.56 bits per heavy atom. The number of rotatable bonds is 1. The SMILES string of the molecule is Cc1cc(Br)cc(C)c1N1CCN2CCCC2C1. The second-order valence-corrected chi connectivity index (χ2v) is 6.58. The van der Waals surface area contributed by atoms with Gasteiger partial charge in [0.1, 0.15) is 0 Å². The molecule has 1 unspecified atom stereocenters. The Bertz CT molecular complexity index is 435. The number of halogens is 1. The highest BCUT2D eigenvalue weighted by atomic mass is 79.9. The summed E-state index contributed by atoms with van der Waals surface area (Å²) in [4.78, 5) is 5.27. The number of hydrogen-bond acceptors (Lipinski definition) is 2. The third kappa shape index (κ3) is 2.19. The van der Waals surface area contributed by atoms with Crippen LogP contribution in [0.2, 0.25) is 0 Å². The maximum absolute atomic E-state index is 3.59. The van der Waals surface area contributed by atoms with Gasteiger partial charge in [-0.15, -0.1) is 0 Å². The van der Waals surface area contributed by atoms with E-state index in [0.29, 0.717) is 0 Å². The number of fused-ring (bicyclic) bond motifs is 1. The molecule has 0 radical (unpaired) electrons. The monoisotopic (exact) mass is 308 g/mol. The fourth-order valence-corrected chi connectivity index (χ4v) is 4.28. The molecular weight excluding hydrogens is 288 g/mol. The van der Waals surface area contributed by atoms with Crippen LogP contribution in [-0.2, 0) is 0 Å². The number of benzene rings is 1. The van der Waals surface area contributed by atoms with Crippen molar-refractivity contribution in [1.82, 2.24) is 4.90 Å². The summed E-state index contributed by atoms with van der Waals surface area (Å²) >= 11 is 3.59. The van der Waals surface area contributed by atoms with Gasteiger partial charge in [-0.05, 0) is 56.5 Å². The van der Waals surface area contributed by atoms with Crippen molar-refractivity contribution in [3.05, 3.63) is 27.7 Å². The third-order valence-corrected chi connectivity index (χ3v) is 4.82. The molecule has 0 amide bonds. The molecule has 2 fully saturated rings. The van der Waals surface area contributed by atoms with Gasteiger partial charge in [-0.1, -0.05) is 15.9 Å². The smallest absolute Gasteiger partial charge is 0.0427 e. The van der Waals surface area contributed by atoms with Crippen LogP contribution in [0.3, 0.4) is 0 Å². The van der Waals surface area contributed by atoms with Crippen molar-refractivity contribution in [2.24, 2.45) is 0 Å². The van der Waals surface area contributed by atoms with Crippen LogP contribution < -0.4 is 4.90 Å². The van der Waals surface area contributed by atoms with Gasteiger partial charge in [-0.3, -0.25) is 4.90 Å². The summed E-state index contributed by atoms with van der Waals surface area (Å²) in [6, 6.07) is 5.27. The van der Waals surface area contributed by atoms with Crippen molar-refractivity contribution in [1.29, 1.82) is 0 Å². The van der Waals surface area contributed by atoms with Crippen molar-refractivity contribution in [2.75, 3.05) is 31.1 Å². The zero-order valence-corrected chi connectivity index (χ0v) is 12.8. The lowest BCUT2D eigenvalue weighted by atomic mass is 10.1. The zero-order valence-electron chi connectivity index (χ0n) is 11.2. The average molecular weight is 309 g/mol. The Labute approximate surface area is 118 Å². The van der Waals surface area contributed by atoms with Crippen LogP contribution >= 0.6 is 15.9 Å². The predicted molar refractivity (Wildman–Crippen MR) is 80.4 cm³/mol. The molecule has 1 aromatic carbocycles. The molecule has 3 heteroatoms. The van der Waals surface area contributed by atoms with E-state index in [4.69, 9.17) is 0 Å². The highest BCUT2D eigenvalue weighted by Gasteiger charge is 2.31. The van der Waals surface area contributed by atoms with Gasteiger partial charge in [0.25, 0.3) is 0 Å². The maximum Gasteiger partial charge on any atom is 0.0427 e. The minimum absolute atomic E-state index is 0.793. The fourth-order valence-electron chi connectivity index (χ4n) is 3.60. The van der Waals surface area contributed by atoms with Crippen molar-refractivity contribution in [2.45, 2.75) is 32.7 Å². The molecule has 3 rings (SSSR count). The zero-order chi connectivity index (χ0) is 12.7. The first-order valence-electron chi connectivity index (χ1n) is 6.91. The van der Waals surface area contributed by atoms with Gasteiger partial charge in [0.05, 0.1) is 0 Å². The number of nitrogens with zero attached hydrogens (tertiary/aromatic N) is 2. The van der Waals surface area contributed by atoms with Crippen molar-refractivity contribution >= 4 is 21.6 Å². The normalized spacial score (nSPS) is 24.4. The minimum Gasteiger partial charge on any atom is -0.368 e. The van der Waals surface area contributed by atoms with Crippen LogP contribution in [0.1, 0.15) is 24.0 Å². The molecule has 1 aromatic rings. The average Bonchev–Trinajstić information content (AvgIpc) is 2.74. The fraction of sp³-hybridized carbons (Fsp3) is 0.600. The van der Waals surface area contributed by atoms with E-state index >= 15 is 0 Å². The largest absolute Gasteiger partial charge is 0.368 e. The summed E-state index contributed by atoms with van der Waals surface area (Å²) in [5.41, 5.74) is 4.26. The Morgan fingerprint density at radius 2 is 1.83 bits per heavy atom. The lowest BCUT2D eigenvalue weighted by Crippen LogP contribution is -2.50. The second-order valence-electron chi connectivity index (χ2n) is 5.67. The molecule has 0 N–H and O–H groups in total. The van der Waals surface area contributed by atoms with E-state index in [2.05, 4.69) is 51.7 Å². The number of hydrogen-bond donors (Lipinski definition) is 0. The van der Waals surface area contributed by atoms with Crippen LogP contribution in [0, 0.1) is 13.8 Å². The molecule has 0 bridgehead atoms. The van der Waals surface area contributed by atoms with E-state index < -0.39 is 0 Å². The first-order valence-corrected chi connectivity index (χ1v) is 7.70. The van der Waals surface area contributed by atoms with Gasteiger partial charge in [-0.25, -0.2) is 0 Å². The summed E-state index contributed by atoms with van der Waals surface area (Å²) in [7, 11) is 0. The van der Waals surface area contributed by atoms with Gasteiger partial charge in [0, 0.05) is 35.8 Å². The molecule has 0 aliphatic carbocycles. The summed E-state index contributed by atoms with van der Waals surface area (Å²) in [5.74, 6) is 0. The van der Waals surface area contributed by atoms with E-state index in [1.807, 2.05) is 0 Å². The number of piperazine rings is 1. The lowest BCUT2D eigenvalue weighted by Gasteiger charge is -2.40. The van der Waals surface area contributed by atoms with Crippen LogP contribution in [0.25, 0.3) is 0 Å². The van der Waals surface area contributed by atoms with Crippen LogP contribution in [0.15, 0.2) is 16.6 Å². The topological polar surface area (TPSA) is 6.48 Å². The van der Waals surface area contributed by atoms with Crippen molar-refractivity contribution in [3.63, 3.8) is 0 Å². The quantitative estimate of drug-likeness (QED) is 0.785. The van der Waals surface area contributed by atoms with E-state index in [-0.39, 0.29) is 0 Å². The first-order chi connectivity index (χ1) is 8.65. The van der Waals surface area contributed by atoms with Crippen LogP contribution in [0.4, 0.5) is 5.69 Å². The van der Waals surface area contributed by atoms with E-state index in [1.165, 1.54) is 60.3 Å². The summed E-state index contributed by atoms with van der Waals surface area (Å²) < 4.78 is 1.20. The lowest BCUT2D eigenvalue weighted by molar-refractivity contribution is 0.231. The van der Waals surface area contributed by atoms with Crippen LogP contribution in [-0.4, -0.2) is 37.1 Å². The van der Waals surface area contributed by atoms with Gasteiger partial charge in [-0.2, -0.15) is 0 Å². The Morgan fingerprint density at radius 1 is 1.11 bits per heavy atom. The molecule has 2 heterocycles. The summed E-state index contributed by atoms with van der Waals surface area (Å²) in [6.07, 6.45) is 2.77. The highest BCUT2D eigenvalue weighted by molar-refractivity contribution is 9.10. The molecule has 0 aromatic heterocycles. The molecular formula is C15H21BrN2. The molecule has 0 spiro atoms.